The Morgan fingerprint density at radius 3 is 2.45 bits per heavy atom. The second-order valence-electron chi connectivity index (χ2n) is 6.71. The molecule has 0 saturated carbocycles. The summed E-state index contributed by atoms with van der Waals surface area (Å²) in [7, 11) is 1.47. The number of ketones is 1. The van der Waals surface area contributed by atoms with Crippen LogP contribution in [0, 0.1) is 12.7 Å². The van der Waals surface area contributed by atoms with Crippen molar-refractivity contribution in [3.05, 3.63) is 87.2 Å². The Bertz CT molecular complexity index is 1150. The molecule has 0 fully saturated rings. The molecule has 0 aromatic heterocycles. The van der Waals surface area contributed by atoms with E-state index in [1.807, 2.05) is 19.1 Å². The average Bonchev–Trinajstić information content (AvgIpc) is 2.74. The highest BCUT2D eigenvalue weighted by atomic mass is 35.5. The number of hydrogen-bond acceptors (Lipinski definition) is 4. The summed E-state index contributed by atoms with van der Waals surface area (Å²) >= 11 is 12.3. The van der Waals surface area contributed by atoms with Crippen LogP contribution in [0.3, 0.4) is 0 Å². The molecule has 3 aromatic rings. The van der Waals surface area contributed by atoms with Crippen LogP contribution in [0.4, 0.5) is 15.8 Å². The number of benzene rings is 3. The molecule has 0 heterocycles. The lowest BCUT2D eigenvalue weighted by atomic mass is 10.0. The van der Waals surface area contributed by atoms with Crippen LogP contribution in [0.5, 0.6) is 5.75 Å². The van der Waals surface area contributed by atoms with Gasteiger partial charge in [-0.15, -0.1) is 0 Å². The number of amides is 1. The fourth-order valence-corrected chi connectivity index (χ4v) is 3.33. The number of hydrogen-bond donors (Lipinski definition) is 2. The van der Waals surface area contributed by atoms with Gasteiger partial charge >= 0.3 is 0 Å². The van der Waals surface area contributed by atoms with Crippen molar-refractivity contribution in [3.8, 4) is 5.75 Å². The van der Waals surface area contributed by atoms with Crippen LogP contribution in [-0.2, 0) is 4.79 Å². The number of likely N-dealkylation sites (N-methyl/N-ethyl adjacent to an activating group) is 1. The molecule has 31 heavy (non-hydrogen) atoms. The van der Waals surface area contributed by atoms with Crippen molar-refractivity contribution < 1.29 is 18.7 Å². The highest BCUT2D eigenvalue weighted by Crippen LogP contribution is 2.29. The molecule has 160 valence electrons. The Morgan fingerprint density at radius 2 is 1.77 bits per heavy atom. The lowest BCUT2D eigenvalue weighted by Gasteiger charge is -2.12. The minimum absolute atomic E-state index is 0.141. The van der Waals surface area contributed by atoms with Crippen molar-refractivity contribution in [3.63, 3.8) is 0 Å². The maximum absolute atomic E-state index is 14.3. The molecule has 3 aromatic carbocycles. The molecule has 0 spiro atoms. The lowest BCUT2D eigenvalue weighted by molar-refractivity contribution is -0.122. The van der Waals surface area contributed by atoms with Crippen LogP contribution >= 0.6 is 23.2 Å². The van der Waals surface area contributed by atoms with E-state index in [1.165, 1.54) is 25.2 Å². The van der Waals surface area contributed by atoms with Gasteiger partial charge in [-0.1, -0.05) is 23.2 Å². The van der Waals surface area contributed by atoms with Gasteiger partial charge in [-0.25, -0.2) is 4.39 Å². The first-order valence-corrected chi connectivity index (χ1v) is 10.0. The van der Waals surface area contributed by atoms with Crippen molar-refractivity contribution in [1.82, 2.24) is 5.32 Å². The molecule has 0 aliphatic rings. The molecule has 1 amide bonds. The predicted molar refractivity (Wildman–Crippen MR) is 120 cm³/mol. The third-order valence-electron chi connectivity index (χ3n) is 4.51. The van der Waals surface area contributed by atoms with Crippen LogP contribution in [0.15, 0.2) is 54.6 Å². The summed E-state index contributed by atoms with van der Waals surface area (Å²) < 4.78 is 19.6. The quantitative estimate of drug-likeness (QED) is 0.454. The van der Waals surface area contributed by atoms with Gasteiger partial charge in [-0.2, -0.15) is 0 Å². The van der Waals surface area contributed by atoms with Crippen LogP contribution in [0.2, 0.25) is 10.0 Å². The Balaban J connectivity index is 1.82. The van der Waals surface area contributed by atoms with E-state index in [1.54, 1.807) is 18.2 Å². The van der Waals surface area contributed by atoms with E-state index >= 15 is 0 Å². The number of anilines is 2. The summed E-state index contributed by atoms with van der Waals surface area (Å²) in [5, 5.41) is 6.42. The average molecular weight is 461 g/mol. The molecule has 0 bridgehead atoms. The Kier molecular flexibility index (Phi) is 7.15. The largest absolute Gasteiger partial charge is 0.484 e. The summed E-state index contributed by atoms with van der Waals surface area (Å²) in [6.45, 7) is 1.66. The van der Waals surface area contributed by atoms with Crippen LogP contribution in [-0.4, -0.2) is 25.3 Å². The molecular weight excluding hydrogens is 442 g/mol. The van der Waals surface area contributed by atoms with E-state index in [-0.39, 0.29) is 34.4 Å². The van der Waals surface area contributed by atoms with Crippen LogP contribution in [0.25, 0.3) is 0 Å². The molecule has 0 radical (unpaired) electrons. The molecule has 3 rings (SSSR count). The molecule has 0 aliphatic carbocycles. The van der Waals surface area contributed by atoms with Crippen molar-refractivity contribution in [1.29, 1.82) is 0 Å². The van der Waals surface area contributed by atoms with Crippen molar-refractivity contribution in [2.75, 3.05) is 19.0 Å². The zero-order valence-electron chi connectivity index (χ0n) is 16.8. The minimum atomic E-state index is -0.715. The first kappa shape index (κ1) is 22.6. The normalized spacial score (nSPS) is 10.5. The van der Waals surface area contributed by atoms with Gasteiger partial charge < -0.3 is 15.4 Å². The zero-order chi connectivity index (χ0) is 22.5. The summed E-state index contributed by atoms with van der Waals surface area (Å²) in [4.78, 5) is 24.2. The van der Waals surface area contributed by atoms with Crippen molar-refractivity contribution >= 4 is 46.3 Å². The van der Waals surface area contributed by atoms with Gasteiger partial charge in [0.15, 0.2) is 12.4 Å². The predicted octanol–water partition coefficient (Wildman–Crippen LogP) is 5.54. The van der Waals surface area contributed by atoms with Gasteiger partial charge in [0.2, 0.25) is 0 Å². The maximum Gasteiger partial charge on any atom is 0.257 e. The van der Waals surface area contributed by atoms with Gasteiger partial charge in [-0.3, -0.25) is 9.59 Å². The summed E-state index contributed by atoms with van der Waals surface area (Å²) in [6.07, 6.45) is 0. The smallest absolute Gasteiger partial charge is 0.257 e. The van der Waals surface area contributed by atoms with E-state index in [2.05, 4.69) is 10.6 Å². The second kappa shape index (κ2) is 9.81. The van der Waals surface area contributed by atoms with Crippen molar-refractivity contribution in [2.45, 2.75) is 6.92 Å². The van der Waals surface area contributed by atoms with E-state index in [0.29, 0.717) is 10.7 Å². The lowest BCUT2D eigenvalue weighted by Crippen LogP contribution is -2.24. The molecule has 2 N–H and O–H groups in total. The minimum Gasteiger partial charge on any atom is -0.484 e. The van der Waals surface area contributed by atoms with Gasteiger partial charge in [0.25, 0.3) is 5.91 Å². The molecule has 0 saturated heterocycles. The SMILES string of the molecule is CNC(=O)COc1ccc(F)c(C(=O)c2ccc(Nc3ccc(Cl)cc3C)cc2Cl)c1. The van der Waals surface area contributed by atoms with E-state index in [4.69, 9.17) is 27.9 Å². The Morgan fingerprint density at radius 1 is 1.00 bits per heavy atom. The van der Waals surface area contributed by atoms with Gasteiger partial charge in [0.05, 0.1) is 10.6 Å². The molecule has 0 atom stereocenters. The fraction of sp³-hybridized carbons (Fsp3) is 0.130. The summed E-state index contributed by atoms with van der Waals surface area (Å²) in [5.41, 5.74) is 2.38. The second-order valence-corrected chi connectivity index (χ2v) is 7.56. The standard InChI is InChI=1S/C23H19Cl2FN2O3/c1-13-9-14(24)3-8-21(13)28-15-4-6-17(19(25)10-15)23(30)18-11-16(5-7-20(18)26)31-12-22(29)27-2/h3-11,28H,12H2,1-2H3,(H,27,29). The summed E-state index contributed by atoms with van der Waals surface area (Å²) in [6, 6.07) is 13.9. The van der Waals surface area contributed by atoms with E-state index < -0.39 is 11.6 Å². The van der Waals surface area contributed by atoms with E-state index in [0.717, 1.165) is 17.3 Å². The van der Waals surface area contributed by atoms with Gasteiger partial charge in [-0.05, 0) is 67.1 Å². The molecule has 5 nitrogen and oxygen atoms in total. The number of nitrogens with one attached hydrogen (secondary N) is 2. The first-order valence-electron chi connectivity index (χ1n) is 9.29. The highest BCUT2D eigenvalue weighted by Gasteiger charge is 2.19. The first-order chi connectivity index (χ1) is 14.8. The van der Waals surface area contributed by atoms with Crippen LogP contribution < -0.4 is 15.4 Å². The fourth-order valence-electron chi connectivity index (χ4n) is 2.83. The number of aryl methyl sites for hydroxylation is 1. The topological polar surface area (TPSA) is 67.4 Å². The van der Waals surface area contributed by atoms with Gasteiger partial charge in [0, 0.05) is 29.0 Å². The van der Waals surface area contributed by atoms with Crippen LogP contribution in [0.1, 0.15) is 21.5 Å². The number of carbonyl (C=O) groups excluding carboxylic acids is 2. The third kappa shape index (κ3) is 5.54. The van der Waals surface area contributed by atoms with Crippen molar-refractivity contribution in [2.24, 2.45) is 0 Å². The zero-order valence-corrected chi connectivity index (χ0v) is 18.3. The highest BCUT2D eigenvalue weighted by molar-refractivity contribution is 6.35. The van der Waals surface area contributed by atoms with E-state index in [9.17, 15) is 14.0 Å². The Hall–Kier alpha value is -3.09. The monoisotopic (exact) mass is 460 g/mol. The molecular formula is C23H19Cl2FN2O3. The Labute approximate surface area is 189 Å². The number of halogens is 3. The number of rotatable bonds is 7. The molecule has 0 unspecified atom stereocenters. The number of ether oxygens (including phenoxy) is 1. The molecule has 0 aliphatic heterocycles. The third-order valence-corrected chi connectivity index (χ3v) is 5.06. The maximum atomic E-state index is 14.3. The molecule has 8 heteroatoms. The summed E-state index contributed by atoms with van der Waals surface area (Å²) in [5.74, 6) is -1.46. The van der Waals surface area contributed by atoms with Gasteiger partial charge in [0.1, 0.15) is 11.6 Å². The number of carbonyl (C=O) groups is 2.